The molecule has 0 radical (unpaired) electrons. The van der Waals surface area contributed by atoms with Crippen LogP contribution in [0.1, 0.15) is 29.5 Å². The standard InChI is InChI=1S/C20H22N2O2/c1-14-10-11-15(2)17(12-14)21-19(23)13-22-18-8-4-3-6-16(18)7-5-9-20(22)24/h3-4,6,8,10-12H,5,7,9,13H2,1-2H3,(H,21,23). The summed E-state index contributed by atoms with van der Waals surface area (Å²) in [6.45, 7) is 3.99. The fraction of sp³-hybridized carbons (Fsp3) is 0.300. The van der Waals surface area contributed by atoms with E-state index in [0.717, 1.165) is 40.9 Å². The number of para-hydroxylation sites is 1. The molecule has 0 aromatic heterocycles. The van der Waals surface area contributed by atoms with Crippen LogP contribution in [0, 0.1) is 13.8 Å². The number of hydrogen-bond donors (Lipinski definition) is 1. The molecule has 0 fully saturated rings. The maximum Gasteiger partial charge on any atom is 0.244 e. The van der Waals surface area contributed by atoms with Gasteiger partial charge in [-0.2, -0.15) is 0 Å². The molecule has 124 valence electrons. The molecule has 0 aliphatic carbocycles. The SMILES string of the molecule is Cc1ccc(C)c(NC(=O)CN2C(=O)CCCc3ccccc32)c1. The van der Waals surface area contributed by atoms with Crippen LogP contribution < -0.4 is 10.2 Å². The highest BCUT2D eigenvalue weighted by molar-refractivity contribution is 6.03. The molecule has 1 heterocycles. The number of rotatable bonds is 3. The molecular weight excluding hydrogens is 300 g/mol. The summed E-state index contributed by atoms with van der Waals surface area (Å²) in [5, 5.41) is 2.94. The lowest BCUT2D eigenvalue weighted by molar-refractivity contribution is -0.121. The van der Waals surface area contributed by atoms with Crippen LogP contribution >= 0.6 is 0 Å². The summed E-state index contributed by atoms with van der Waals surface area (Å²) < 4.78 is 0. The van der Waals surface area contributed by atoms with E-state index < -0.39 is 0 Å². The summed E-state index contributed by atoms with van der Waals surface area (Å²) in [6.07, 6.45) is 2.17. The fourth-order valence-corrected chi connectivity index (χ4v) is 3.06. The quantitative estimate of drug-likeness (QED) is 0.938. The number of benzene rings is 2. The molecule has 4 heteroatoms. The van der Waals surface area contributed by atoms with Crippen molar-refractivity contribution in [2.75, 3.05) is 16.8 Å². The Morgan fingerprint density at radius 1 is 1.12 bits per heavy atom. The van der Waals surface area contributed by atoms with Crippen molar-refractivity contribution in [3.63, 3.8) is 0 Å². The van der Waals surface area contributed by atoms with Gasteiger partial charge in [0.15, 0.2) is 0 Å². The molecule has 0 spiro atoms. The Morgan fingerprint density at radius 2 is 1.92 bits per heavy atom. The molecule has 2 aromatic rings. The molecule has 3 rings (SSSR count). The second-order valence-electron chi connectivity index (χ2n) is 6.33. The van der Waals surface area contributed by atoms with Gasteiger partial charge in [-0.1, -0.05) is 30.3 Å². The largest absolute Gasteiger partial charge is 0.324 e. The third-order valence-corrected chi connectivity index (χ3v) is 4.39. The van der Waals surface area contributed by atoms with E-state index in [-0.39, 0.29) is 18.4 Å². The molecule has 1 aliphatic heterocycles. The molecule has 0 saturated heterocycles. The van der Waals surface area contributed by atoms with Crippen molar-refractivity contribution in [2.24, 2.45) is 0 Å². The highest BCUT2D eigenvalue weighted by Gasteiger charge is 2.24. The van der Waals surface area contributed by atoms with Crippen molar-refractivity contribution in [1.82, 2.24) is 0 Å². The molecular formula is C20H22N2O2. The summed E-state index contributed by atoms with van der Waals surface area (Å²) in [5.41, 5.74) is 4.89. The van der Waals surface area contributed by atoms with Gasteiger partial charge in [-0.25, -0.2) is 0 Å². The van der Waals surface area contributed by atoms with Gasteiger partial charge < -0.3 is 10.2 Å². The molecule has 0 unspecified atom stereocenters. The molecule has 1 N–H and O–H groups in total. The summed E-state index contributed by atoms with van der Waals surface area (Å²) in [5.74, 6) is -0.162. The number of amides is 2. The van der Waals surface area contributed by atoms with E-state index in [1.54, 1.807) is 4.90 Å². The zero-order valence-corrected chi connectivity index (χ0v) is 14.1. The number of nitrogens with one attached hydrogen (secondary N) is 1. The van der Waals surface area contributed by atoms with E-state index >= 15 is 0 Å². The Balaban J connectivity index is 1.80. The van der Waals surface area contributed by atoms with Gasteiger partial charge in [0.25, 0.3) is 0 Å². The zero-order valence-electron chi connectivity index (χ0n) is 14.1. The van der Waals surface area contributed by atoms with Crippen molar-refractivity contribution in [3.05, 3.63) is 59.2 Å². The van der Waals surface area contributed by atoms with E-state index in [9.17, 15) is 9.59 Å². The van der Waals surface area contributed by atoms with Gasteiger partial charge in [0.2, 0.25) is 11.8 Å². The molecule has 24 heavy (non-hydrogen) atoms. The second kappa shape index (κ2) is 6.87. The van der Waals surface area contributed by atoms with Crippen LogP contribution in [0.2, 0.25) is 0 Å². The van der Waals surface area contributed by atoms with Gasteiger partial charge in [0.1, 0.15) is 6.54 Å². The van der Waals surface area contributed by atoms with Crippen LogP contribution in [-0.4, -0.2) is 18.4 Å². The van der Waals surface area contributed by atoms with Crippen LogP contribution in [0.4, 0.5) is 11.4 Å². The van der Waals surface area contributed by atoms with Crippen molar-refractivity contribution in [1.29, 1.82) is 0 Å². The number of anilines is 2. The summed E-state index contributed by atoms with van der Waals surface area (Å²) in [7, 11) is 0. The molecule has 2 aromatic carbocycles. The van der Waals surface area contributed by atoms with Gasteiger partial charge in [0, 0.05) is 17.8 Å². The van der Waals surface area contributed by atoms with Crippen molar-refractivity contribution in [2.45, 2.75) is 33.1 Å². The molecule has 1 aliphatic rings. The maximum atomic E-state index is 12.5. The fourth-order valence-electron chi connectivity index (χ4n) is 3.06. The van der Waals surface area contributed by atoms with E-state index in [0.29, 0.717) is 6.42 Å². The number of carbonyl (C=O) groups excluding carboxylic acids is 2. The van der Waals surface area contributed by atoms with Gasteiger partial charge in [0.05, 0.1) is 0 Å². The lowest BCUT2D eigenvalue weighted by Gasteiger charge is -2.22. The number of fused-ring (bicyclic) bond motifs is 1. The smallest absolute Gasteiger partial charge is 0.244 e. The molecule has 0 bridgehead atoms. The minimum absolute atomic E-state index is 0.0102. The number of aryl methyl sites for hydroxylation is 3. The van der Waals surface area contributed by atoms with Crippen LogP contribution in [0.25, 0.3) is 0 Å². The Labute approximate surface area is 142 Å². The monoisotopic (exact) mass is 322 g/mol. The van der Waals surface area contributed by atoms with Crippen LogP contribution in [0.3, 0.4) is 0 Å². The van der Waals surface area contributed by atoms with Crippen molar-refractivity contribution in [3.8, 4) is 0 Å². The van der Waals surface area contributed by atoms with E-state index in [1.165, 1.54) is 0 Å². The van der Waals surface area contributed by atoms with Crippen LogP contribution in [-0.2, 0) is 16.0 Å². The minimum Gasteiger partial charge on any atom is -0.324 e. The second-order valence-corrected chi connectivity index (χ2v) is 6.33. The Kier molecular flexibility index (Phi) is 4.65. The Morgan fingerprint density at radius 3 is 2.75 bits per heavy atom. The maximum absolute atomic E-state index is 12.5. The van der Waals surface area contributed by atoms with E-state index in [1.807, 2.05) is 56.3 Å². The lowest BCUT2D eigenvalue weighted by Crippen LogP contribution is -2.37. The highest BCUT2D eigenvalue weighted by Crippen LogP contribution is 2.26. The first kappa shape index (κ1) is 16.2. The molecule has 0 atom stereocenters. The van der Waals surface area contributed by atoms with Crippen molar-refractivity contribution >= 4 is 23.2 Å². The van der Waals surface area contributed by atoms with Crippen molar-refractivity contribution < 1.29 is 9.59 Å². The highest BCUT2D eigenvalue weighted by atomic mass is 16.2. The van der Waals surface area contributed by atoms with Gasteiger partial charge >= 0.3 is 0 Å². The third kappa shape index (κ3) is 3.48. The van der Waals surface area contributed by atoms with Crippen LogP contribution in [0.15, 0.2) is 42.5 Å². The minimum atomic E-state index is -0.172. The first-order chi connectivity index (χ1) is 11.5. The first-order valence-corrected chi connectivity index (χ1v) is 8.30. The van der Waals surface area contributed by atoms with Gasteiger partial charge in [-0.3, -0.25) is 9.59 Å². The lowest BCUT2D eigenvalue weighted by atomic mass is 10.1. The summed E-state index contributed by atoms with van der Waals surface area (Å²) in [6, 6.07) is 13.8. The normalized spacial score (nSPS) is 14.1. The predicted molar refractivity (Wildman–Crippen MR) is 96.3 cm³/mol. The van der Waals surface area contributed by atoms with Crippen LogP contribution in [0.5, 0.6) is 0 Å². The number of carbonyl (C=O) groups is 2. The Hall–Kier alpha value is -2.62. The molecule has 0 saturated carbocycles. The molecule has 2 amide bonds. The van der Waals surface area contributed by atoms with Gasteiger partial charge in [-0.05, 0) is 55.5 Å². The average Bonchev–Trinajstić information content (AvgIpc) is 2.71. The van der Waals surface area contributed by atoms with Gasteiger partial charge in [-0.15, -0.1) is 0 Å². The first-order valence-electron chi connectivity index (χ1n) is 8.30. The van der Waals surface area contributed by atoms with E-state index in [2.05, 4.69) is 5.32 Å². The average molecular weight is 322 g/mol. The van der Waals surface area contributed by atoms with E-state index in [4.69, 9.17) is 0 Å². The summed E-state index contributed by atoms with van der Waals surface area (Å²) in [4.78, 5) is 26.6. The third-order valence-electron chi connectivity index (χ3n) is 4.39. The zero-order chi connectivity index (χ0) is 17.1. The Bertz CT molecular complexity index is 783. The number of hydrogen-bond acceptors (Lipinski definition) is 2. The topological polar surface area (TPSA) is 49.4 Å². The predicted octanol–water partition coefficient (Wildman–Crippen LogP) is 3.61. The molecule has 4 nitrogen and oxygen atoms in total. The number of nitrogens with zero attached hydrogens (tertiary/aromatic N) is 1. The summed E-state index contributed by atoms with van der Waals surface area (Å²) >= 11 is 0.